The lowest BCUT2D eigenvalue weighted by molar-refractivity contribution is 0.00645. The van der Waals surface area contributed by atoms with Gasteiger partial charge in [0.25, 0.3) is 0 Å². The fourth-order valence-corrected chi connectivity index (χ4v) is 3.02. The van der Waals surface area contributed by atoms with Gasteiger partial charge in [0.15, 0.2) is 0 Å². The third-order valence-electron chi connectivity index (χ3n) is 4.32. The number of ether oxygens (including phenoxy) is 2. The van der Waals surface area contributed by atoms with Crippen LogP contribution in [0.15, 0.2) is 24.3 Å². The van der Waals surface area contributed by atoms with Gasteiger partial charge < -0.3 is 24.8 Å². The number of benzene rings is 1. The van der Waals surface area contributed by atoms with Crippen LogP contribution in [-0.4, -0.2) is 53.0 Å². The van der Waals surface area contributed by atoms with Crippen LogP contribution in [0.2, 0.25) is 5.02 Å². The molecular formula is C19H27ClN2O5. The molecule has 0 bridgehead atoms. The first-order valence-corrected chi connectivity index (χ1v) is 9.28. The molecular weight excluding hydrogens is 372 g/mol. The fraction of sp³-hybridized carbons (Fsp3) is 0.579. The smallest absolute Gasteiger partial charge is 0.408 e. The summed E-state index contributed by atoms with van der Waals surface area (Å²) in [5.74, 6) is 0. The van der Waals surface area contributed by atoms with Gasteiger partial charge in [-0.15, -0.1) is 0 Å². The first-order valence-electron chi connectivity index (χ1n) is 8.90. The van der Waals surface area contributed by atoms with Crippen LogP contribution >= 0.6 is 11.6 Å². The maximum Gasteiger partial charge on any atom is 0.408 e. The molecule has 1 aromatic carbocycles. The molecule has 7 nitrogen and oxygen atoms in total. The molecule has 1 aliphatic rings. The Kier molecular flexibility index (Phi) is 6.95. The summed E-state index contributed by atoms with van der Waals surface area (Å²) < 4.78 is 11.2. The molecule has 0 aliphatic carbocycles. The average molecular weight is 399 g/mol. The van der Waals surface area contributed by atoms with E-state index in [2.05, 4.69) is 5.32 Å². The van der Waals surface area contributed by atoms with E-state index < -0.39 is 23.3 Å². The number of likely N-dealkylation sites (tertiary alicyclic amines) is 1. The molecule has 8 heteroatoms. The summed E-state index contributed by atoms with van der Waals surface area (Å²) in [6.45, 7) is 6.68. The number of rotatable bonds is 5. The van der Waals surface area contributed by atoms with Gasteiger partial charge in [-0.3, -0.25) is 0 Å². The van der Waals surface area contributed by atoms with Crippen LogP contribution in [0, 0.1) is 0 Å². The highest BCUT2D eigenvalue weighted by Crippen LogP contribution is 2.24. The number of carbonyl (C=O) groups is 2. The molecule has 0 unspecified atom stereocenters. The lowest BCUT2D eigenvalue weighted by Gasteiger charge is -2.41. The van der Waals surface area contributed by atoms with Crippen molar-refractivity contribution in [3.63, 3.8) is 0 Å². The Balaban J connectivity index is 1.99. The maximum atomic E-state index is 12.3. The van der Waals surface area contributed by atoms with E-state index in [4.69, 9.17) is 26.2 Å². The van der Waals surface area contributed by atoms with Crippen molar-refractivity contribution in [2.24, 2.45) is 0 Å². The molecule has 2 rings (SSSR count). The number of hydrogen-bond donors (Lipinski definition) is 2. The fourth-order valence-electron chi connectivity index (χ4n) is 2.90. The molecule has 0 saturated carbocycles. The monoisotopic (exact) mass is 398 g/mol. The highest BCUT2D eigenvalue weighted by Gasteiger charge is 2.38. The van der Waals surface area contributed by atoms with E-state index in [1.807, 2.05) is 12.1 Å². The molecule has 0 aromatic heterocycles. The highest BCUT2D eigenvalue weighted by atomic mass is 35.5. The van der Waals surface area contributed by atoms with Gasteiger partial charge in [-0.25, -0.2) is 9.59 Å². The van der Waals surface area contributed by atoms with Crippen LogP contribution in [0.25, 0.3) is 0 Å². The van der Waals surface area contributed by atoms with Gasteiger partial charge in [0.05, 0.1) is 18.8 Å². The zero-order chi connectivity index (χ0) is 20.1. The van der Waals surface area contributed by atoms with Crippen LogP contribution in [0.5, 0.6) is 0 Å². The third-order valence-corrected chi connectivity index (χ3v) is 4.57. The molecule has 27 heavy (non-hydrogen) atoms. The number of carboxylic acid groups (broad SMARTS) is 1. The van der Waals surface area contributed by atoms with Crippen LogP contribution in [0.1, 0.15) is 39.2 Å². The van der Waals surface area contributed by atoms with Crippen LogP contribution < -0.4 is 5.32 Å². The predicted octanol–water partition coefficient (Wildman–Crippen LogP) is 3.89. The van der Waals surface area contributed by atoms with E-state index in [0.29, 0.717) is 37.6 Å². The summed E-state index contributed by atoms with van der Waals surface area (Å²) in [7, 11) is 0. The summed E-state index contributed by atoms with van der Waals surface area (Å²) in [4.78, 5) is 24.8. The van der Waals surface area contributed by atoms with Gasteiger partial charge in [0.1, 0.15) is 5.60 Å². The minimum Gasteiger partial charge on any atom is -0.465 e. The van der Waals surface area contributed by atoms with Crippen LogP contribution in [-0.2, 0) is 16.1 Å². The average Bonchev–Trinajstić information content (AvgIpc) is 2.55. The van der Waals surface area contributed by atoms with Crippen LogP contribution in [0.4, 0.5) is 9.59 Å². The molecule has 150 valence electrons. The Hall–Kier alpha value is -1.99. The zero-order valence-corrected chi connectivity index (χ0v) is 16.7. The second-order valence-electron chi connectivity index (χ2n) is 7.80. The number of halogens is 1. The first kappa shape index (κ1) is 21.3. The van der Waals surface area contributed by atoms with Crippen molar-refractivity contribution in [1.29, 1.82) is 0 Å². The molecule has 1 heterocycles. The standard InChI is InChI=1S/C19H27ClN2O5/c1-18(2,3)27-16(23)21-19(8-10-22(11-9-19)17(24)25)13-26-12-14-4-6-15(20)7-5-14/h4-7H,8-13H2,1-3H3,(H,21,23)(H,24,25). The first-order chi connectivity index (χ1) is 12.6. The van der Waals surface area contributed by atoms with E-state index in [1.165, 1.54) is 4.90 Å². The Morgan fingerprint density at radius 1 is 1.22 bits per heavy atom. The largest absolute Gasteiger partial charge is 0.465 e. The van der Waals surface area contributed by atoms with Gasteiger partial charge >= 0.3 is 12.2 Å². The molecule has 0 atom stereocenters. The van der Waals surface area contributed by atoms with Crippen molar-refractivity contribution in [2.75, 3.05) is 19.7 Å². The normalized spacial score (nSPS) is 16.7. The summed E-state index contributed by atoms with van der Waals surface area (Å²) in [5.41, 5.74) is -0.312. The second-order valence-corrected chi connectivity index (χ2v) is 8.23. The van der Waals surface area contributed by atoms with E-state index in [1.54, 1.807) is 32.9 Å². The Morgan fingerprint density at radius 2 is 1.81 bits per heavy atom. The summed E-state index contributed by atoms with van der Waals surface area (Å²) in [6, 6.07) is 7.34. The number of carbonyl (C=O) groups excluding carboxylic acids is 1. The molecule has 0 radical (unpaired) electrons. The second kappa shape index (κ2) is 8.80. The lowest BCUT2D eigenvalue weighted by Crippen LogP contribution is -2.59. The SMILES string of the molecule is CC(C)(C)OC(=O)NC1(COCc2ccc(Cl)cc2)CCN(C(=O)O)CC1. The number of nitrogens with one attached hydrogen (secondary N) is 1. The van der Waals surface area contributed by atoms with Crippen LogP contribution in [0.3, 0.4) is 0 Å². The molecule has 1 aromatic rings. The van der Waals surface area contributed by atoms with Gasteiger partial charge in [-0.05, 0) is 51.3 Å². The number of hydrogen-bond acceptors (Lipinski definition) is 4. The third kappa shape index (κ3) is 6.92. The van der Waals surface area contributed by atoms with Crippen molar-refractivity contribution >= 4 is 23.8 Å². The van der Waals surface area contributed by atoms with Crippen molar-refractivity contribution < 1.29 is 24.2 Å². The Labute approximate surface area is 164 Å². The Bertz CT molecular complexity index is 649. The minimum atomic E-state index is -0.956. The van der Waals surface area contributed by atoms with Gasteiger partial charge in [0.2, 0.25) is 0 Å². The van der Waals surface area contributed by atoms with E-state index in [-0.39, 0.29) is 6.61 Å². The lowest BCUT2D eigenvalue weighted by atomic mass is 9.88. The summed E-state index contributed by atoms with van der Waals surface area (Å²) in [5, 5.41) is 12.7. The molecule has 2 amide bonds. The quantitative estimate of drug-likeness (QED) is 0.785. The van der Waals surface area contributed by atoms with Crippen molar-refractivity contribution in [3.8, 4) is 0 Å². The Morgan fingerprint density at radius 3 is 2.33 bits per heavy atom. The molecule has 1 saturated heterocycles. The zero-order valence-electron chi connectivity index (χ0n) is 16.0. The molecule has 1 aliphatic heterocycles. The number of alkyl carbamates (subject to hydrolysis) is 1. The summed E-state index contributed by atoms with van der Waals surface area (Å²) in [6.07, 6.45) is -0.567. The maximum absolute atomic E-state index is 12.3. The number of amides is 2. The number of nitrogens with zero attached hydrogens (tertiary/aromatic N) is 1. The van der Waals surface area contributed by atoms with Gasteiger partial charge in [-0.1, -0.05) is 23.7 Å². The van der Waals surface area contributed by atoms with E-state index in [0.717, 1.165) is 5.56 Å². The molecule has 2 N–H and O–H groups in total. The molecule has 1 fully saturated rings. The van der Waals surface area contributed by atoms with Crippen molar-refractivity contribution in [2.45, 2.75) is 51.4 Å². The van der Waals surface area contributed by atoms with Gasteiger partial charge in [0, 0.05) is 18.1 Å². The van der Waals surface area contributed by atoms with E-state index >= 15 is 0 Å². The van der Waals surface area contributed by atoms with Crippen molar-refractivity contribution in [3.05, 3.63) is 34.9 Å². The number of piperidine rings is 1. The van der Waals surface area contributed by atoms with E-state index in [9.17, 15) is 9.59 Å². The highest BCUT2D eigenvalue weighted by molar-refractivity contribution is 6.30. The summed E-state index contributed by atoms with van der Waals surface area (Å²) >= 11 is 5.88. The van der Waals surface area contributed by atoms with Gasteiger partial charge in [-0.2, -0.15) is 0 Å². The topological polar surface area (TPSA) is 88.1 Å². The van der Waals surface area contributed by atoms with Crippen molar-refractivity contribution in [1.82, 2.24) is 10.2 Å². The predicted molar refractivity (Wildman–Crippen MR) is 102 cm³/mol. The minimum absolute atomic E-state index is 0.266. The molecule has 0 spiro atoms.